The molecule has 1 aromatic rings. The molecule has 1 heterocycles. The van der Waals surface area contributed by atoms with E-state index < -0.39 is 0 Å². The summed E-state index contributed by atoms with van der Waals surface area (Å²) in [6, 6.07) is 1.98. The van der Waals surface area contributed by atoms with Gasteiger partial charge in [0.15, 0.2) is 0 Å². The third-order valence-electron chi connectivity index (χ3n) is 1.69. The molecule has 0 fully saturated rings. The maximum absolute atomic E-state index is 5.90. The minimum Gasteiger partial charge on any atom is -0.380 e. The summed E-state index contributed by atoms with van der Waals surface area (Å²) in [7, 11) is 1.92. The van der Waals surface area contributed by atoms with Gasteiger partial charge in [0.1, 0.15) is 0 Å². The molecule has 80 valence electrons. The molecule has 0 radical (unpaired) electrons. The molecular weight excluding hydrogens is 286 g/mol. The van der Waals surface area contributed by atoms with E-state index in [9.17, 15) is 0 Å². The first-order valence-electron chi connectivity index (χ1n) is 4.40. The molecule has 1 N–H and O–H groups in total. The van der Waals surface area contributed by atoms with Gasteiger partial charge < -0.3 is 10.1 Å². The second-order valence-electron chi connectivity index (χ2n) is 2.80. The lowest BCUT2D eigenvalue weighted by Gasteiger charge is -2.01. The molecule has 0 aliphatic carbocycles. The number of rotatable bonds is 6. The van der Waals surface area contributed by atoms with Crippen molar-refractivity contribution in [3.63, 3.8) is 0 Å². The van der Waals surface area contributed by atoms with Crippen LogP contribution in [0.1, 0.15) is 4.88 Å². The van der Waals surface area contributed by atoms with E-state index >= 15 is 0 Å². The van der Waals surface area contributed by atoms with Crippen LogP contribution in [0.2, 0.25) is 5.02 Å². The normalized spacial score (nSPS) is 10.8. The van der Waals surface area contributed by atoms with Gasteiger partial charge in [-0.3, -0.25) is 0 Å². The first-order chi connectivity index (χ1) is 6.74. The van der Waals surface area contributed by atoms with Crippen molar-refractivity contribution in [3.8, 4) is 0 Å². The lowest BCUT2D eigenvalue weighted by Crippen LogP contribution is -2.14. The molecule has 1 aromatic heterocycles. The number of nitrogens with one attached hydrogen (secondary N) is 1. The number of hydrogen-bond acceptors (Lipinski definition) is 3. The van der Waals surface area contributed by atoms with Crippen LogP contribution in [-0.2, 0) is 11.2 Å². The van der Waals surface area contributed by atoms with E-state index in [1.54, 1.807) is 11.3 Å². The predicted octanol–water partition coefficient (Wildman–Crippen LogP) is 2.94. The van der Waals surface area contributed by atoms with Crippen LogP contribution in [0.15, 0.2) is 9.85 Å². The molecule has 5 heteroatoms. The van der Waals surface area contributed by atoms with Crippen LogP contribution in [0.3, 0.4) is 0 Å². The van der Waals surface area contributed by atoms with Crippen molar-refractivity contribution in [1.29, 1.82) is 0 Å². The lowest BCUT2D eigenvalue weighted by atomic mass is 10.4. The minimum absolute atomic E-state index is 0.755. The van der Waals surface area contributed by atoms with E-state index in [0.717, 1.165) is 35.0 Å². The van der Waals surface area contributed by atoms with Gasteiger partial charge in [-0.1, -0.05) is 11.6 Å². The zero-order valence-electron chi connectivity index (χ0n) is 7.98. The van der Waals surface area contributed by atoms with E-state index in [4.69, 9.17) is 16.3 Å². The lowest BCUT2D eigenvalue weighted by molar-refractivity contribution is 0.141. The molecule has 0 amide bonds. The summed E-state index contributed by atoms with van der Waals surface area (Å²) >= 11 is 11.0. The zero-order valence-corrected chi connectivity index (χ0v) is 11.1. The van der Waals surface area contributed by atoms with E-state index in [2.05, 4.69) is 21.2 Å². The summed E-state index contributed by atoms with van der Waals surface area (Å²) in [5.41, 5.74) is 0. The molecule has 0 saturated carbocycles. The Hall–Kier alpha value is 0.390. The third kappa shape index (κ3) is 4.28. The molecule has 0 aliphatic rings. The van der Waals surface area contributed by atoms with Crippen LogP contribution in [0.4, 0.5) is 0 Å². The molecule has 0 bridgehead atoms. The summed E-state index contributed by atoms with van der Waals surface area (Å²) in [5.74, 6) is 0. The first-order valence-corrected chi connectivity index (χ1v) is 6.39. The highest BCUT2D eigenvalue weighted by Gasteiger charge is 2.03. The van der Waals surface area contributed by atoms with E-state index in [0.29, 0.717) is 0 Å². The Morgan fingerprint density at radius 1 is 1.57 bits per heavy atom. The van der Waals surface area contributed by atoms with Crippen LogP contribution < -0.4 is 5.32 Å². The number of halogens is 2. The van der Waals surface area contributed by atoms with Gasteiger partial charge in [-0.05, 0) is 29.0 Å². The van der Waals surface area contributed by atoms with Crippen molar-refractivity contribution < 1.29 is 4.74 Å². The van der Waals surface area contributed by atoms with Crippen LogP contribution in [0.5, 0.6) is 0 Å². The van der Waals surface area contributed by atoms with Crippen molar-refractivity contribution in [3.05, 3.63) is 19.8 Å². The summed E-state index contributed by atoms with van der Waals surface area (Å²) in [6.45, 7) is 2.41. The monoisotopic (exact) mass is 297 g/mol. The Morgan fingerprint density at radius 2 is 2.36 bits per heavy atom. The molecule has 0 saturated heterocycles. The molecule has 0 aliphatic heterocycles. The van der Waals surface area contributed by atoms with Gasteiger partial charge in [-0.25, -0.2) is 0 Å². The SMILES string of the molecule is CNCCOCCc1cc(Cl)c(Br)s1. The molecule has 14 heavy (non-hydrogen) atoms. The van der Waals surface area contributed by atoms with Gasteiger partial charge in [0.05, 0.1) is 22.0 Å². The number of ether oxygens (including phenoxy) is 1. The first kappa shape index (κ1) is 12.5. The number of likely N-dealkylation sites (N-methyl/N-ethyl adjacent to an activating group) is 1. The molecule has 0 unspecified atom stereocenters. The highest BCUT2D eigenvalue weighted by molar-refractivity contribution is 9.11. The third-order valence-corrected chi connectivity index (χ3v) is 4.22. The van der Waals surface area contributed by atoms with E-state index in [-0.39, 0.29) is 0 Å². The minimum atomic E-state index is 0.755. The van der Waals surface area contributed by atoms with Crippen LogP contribution in [-0.4, -0.2) is 26.8 Å². The second kappa shape index (κ2) is 6.80. The van der Waals surface area contributed by atoms with Crippen molar-refractivity contribution in [2.45, 2.75) is 6.42 Å². The van der Waals surface area contributed by atoms with Crippen LogP contribution in [0.25, 0.3) is 0 Å². The summed E-state index contributed by atoms with van der Waals surface area (Å²) in [4.78, 5) is 1.26. The maximum atomic E-state index is 5.90. The Labute approximate surface area is 102 Å². The largest absolute Gasteiger partial charge is 0.380 e. The Balaban J connectivity index is 2.18. The zero-order chi connectivity index (χ0) is 10.4. The Kier molecular flexibility index (Phi) is 6.05. The quantitative estimate of drug-likeness (QED) is 0.815. The molecule has 1 rings (SSSR count). The van der Waals surface area contributed by atoms with Crippen molar-refractivity contribution in [1.82, 2.24) is 5.32 Å². The number of hydrogen-bond donors (Lipinski definition) is 1. The second-order valence-corrected chi connectivity index (χ2v) is 5.66. The van der Waals surface area contributed by atoms with Crippen molar-refractivity contribution >= 4 is 38.9 Å². The molecule has 2 nitrogen and oxygen atoms in total. The predicted molar refractivity (Wildman–Crippen MR) is 65.5 cm³/mol. The van der Waals surface area contributed by atoms with Crippen LogP contribution in [0, 0.1) is 0 Å². The highest BCUT2D eigenvalue weighted by Crippen LogP contribution is 2.32. The summed E-state index contributed by atoms with van der Waals surface area (Å²) in [6.07, 6.45) is 0.930. The number of thiophene rings is 1. The fraction of sp³-hybridized carbons (Fsp3) is 0.556. The van der Waals surface area contributed by atoms with Crippen molar-refractivity contribution in [2.24, 2.45) is 0 Å². The molecule has 0 spiro atoms. The van der Waals surface area contributed by atoms with E-state index in [1.165, 1.54) is 4.88 Å². The van der Waals surface area contributed by atoms with Crippen LogP contribution >= 0.6 is 38.9 Å². The van der Waals surface area contributed by atoms with Gasteiger partial charge in [-0.2, -0.15) is 0 Å². The van der Waals surface area contributed by atoms with Crippen molar-refractivity contribution in [2.75, 3.05) is 26.8 Å². The standard InChI is InChI=1S/C9H13BrClNOS/c1-12-3-5-13-4-2-7-6-8(11)9(10)14-7/h6,12H,2-5H2,1H3. The average molecular weight is 299 g/mol. The van der Waals surface area contributed by atoms with Gasteiger partial charge in [0.2, 0.25) is 0 Å². The smallest absolute Gasteiger partial charge is 0.0887 e. The molecular formula is C9H13BrClNOS. The van der Waals surface area contributed by atoms with Gasteiger partial charge in [0, 0.05) is 17.8 Å². The topological polar surface area (TPSA) is 21.3 Å². The van der Waals surface area contributed by atoms with E-state index in [1.807, 2.05) is 13.1 Å². The van der Waals surface area contributed by atoms with Gasteiger partial charge >= 0.3 is 0 Å². The fourth-order valence-electron chi connectivity index (χ4n) is 0.964. The molecule has 0 atom stereocenters. The Bertz CT molecular complexity index is 260. The van der Waals surface area contributed by atoms with Gasteiger partial charge in [0.25, 0.3) is 0 Å². The maximum Gasteiger partial charge on any atom is 0.0887 e. The summed E-state index contributed by atoms with van der Waals surface area (Å²) in [5, 5.41) is 3.82. The Morgan fingerprint density at radius 3 is 2.93 bits per heavy atom. The fourth-order valence-corrected chi connectivity index (χ4v) is 2.76. The van der Waals surface area contributed by atoms with Gasteiger partial charge in [-0.15, -0.1) is 11.3 Å². The highest BCUT2D eigenvalue weighted by atomic mass is 79.9. The summed E-state index contributed by atoms with van der Waals surface area (Å²) < 4.78 is 6.42. The average Bonchev–Trinajstić information content (AvgIpc) is 2.46. The molecule has 0 aromatic carbocycles.